The van der Waals surface area contributed by atoms with E-state index in [9.17, 15) is 4.79 Å². The van der Waals surface area contributed by atoms with E-state index in [4.69, 9.17) is 5.11 Å². The van der Waals surface area contributed by atoms with Crippen molar-refractivity contribution in [1.29, 1.82) is 0 Å². The topological polar surface area (TPSA) is 40.5 Å². The van der Waals surface area contributed by atoms with Gasteiger partial charge in [-0.1, -0.05) is 28.1 Å². The molecule has 1 aliphatic heterocycles. The SMILES string of the molecule is Cc1c(Br)cccc1CN1CCC(C(=O)O)CC1. The van der Waals surface area contributed by atoms with Gasteiger partial charge in [-0.15, -0.1) is 0 Å². The Bertz CT molecular complexity index is 439. The van der Waals surface area contributed by atoms with Crippen LogP contribution in [0, 0.1) is 12.8 Å². The van der Waals surface area contributed by atoms with Crippen molar-refractivity contribution in [3.05, 3.63) is 33.8 Å². The van der Waals surface area contributed by atoms with Gasteiger partial charge in [0.05, 0.1) is 5.92 Å². The van der Waals surface area contributed by atoms with Gasteiger partial charge in [-0.2, -0.15) is 0 Å². The number of carbonyl (C=O) groups is 1. The summed E-state index contributed by atoms with van der Waals surface area (Å²) in [6.07, 6.45) is 1.53. The quantitative estimate of drug-likeness (QED) is 0.932. The molecular weight excluding hydrogens is 294 g/mol. The molecule has 1 N–H and O–H groups in total. The van der Waals surface area contributed by atoms with Crippen molar-refractivity contribution in [2.75, 3.05) is 13.1 Å². The van der Waals surface area contributed by atoms with Crippen LogP contribution >= 0.6 is 15.9 Å². The Balaban J connectivity index is 1.96. The summed E-state index contributed by atoms with van der Waals surface area (Å²) >= 11 is 3.54. The zero-order chi connectivity index (χ0) is 13.1. The van der Waals surface area contributed by atoms with Gasteiger partial charge in [0.2, 0.25) is 0 Å². The second-order valence-electron chi connectivity index (χ2n) is 4.91. The van der Waals surface area contributed by atoms with Crippen LogP contribution in [0.1, 0.15) is 24.0 Å². The van der Waals surface area contributed by atoms with Crippen LogP contribution in [0.4, 0.5) is 0 Å². The monoisotopic (exact) mass is 311 g/mol. The molecule has 18 heavy (non-hydrogen) atoms. The fourth-order valence-corrected chi connectivity index (χ4v) is 2.81. The number of hydrogen-bond acceptors (Lipinski definition) is 2. The fraction of sp³-hybridized carbons (Fsp3) is 0.500. The molecule has 1 fully saturated rings. The molecule has 0 radical (unpaired) electrons. The maximum Gasteiger partial charge on any atom is 0.306 e. The lowest BCUT2D eigenvalue weighted by Gasteiger charge is -2.30. The number of benzene rings is 1. The molecule has 1 saturated heterocycles. The maximum absolute atomic E-state index is 10.9. The van der Waals surface area contributed by atoms with Crippen LogP contribution in [0.25, 0.3) is 0 Å². The lowest BCUT2D eigenvalue weighted by molar-refractivity contribution is -0.143. The minimum Gasteiger partial charge on any atom is -0.481 e. The third kappa shape index (κ3) is 3.12. The van der Waals surface area contributed by atoms with E-state index < -0.39 is 5.97 Å². The van der Waals surface area contributed by atoms with Crippen LogP contribution in [-0.4, -0.2) is 29.1 Å². The first-order valence-electron chi connectivity index (χ1n) is 6.27. The molecule has 4 heteroatoms. The first-order chi connectivity index (χ1) is 8.58. The number of halogens is 1. The Kier molecular flexibility index (Phi) is 4.40. The molecule has 0 amide bonds. The molecule has 98 valence electrons. The molecule has 0 atom stereocenters. The predicted molar refractivity (Wildman–Crippen MR) is 74.5 cm³/mol. The number of hydrogen-bond donors (Lipinski definition) is 1. The van der Waals surface area contributed by atoms with Gasteiger partial charge in [0.15, 0.2) is 0 Å². The molecular formula is C14H18BrNO2. The first-order valence-corrected chi connectivity index (χ1v) is 7.06. The highest BCUT2D eigenvalue weighted by Gasteiger charge is 2.24. The largest absolute Gasteiger partial charge is 0.481 e. The fourth-order valence-electron chi connectivity index (χ4n) is 2.40. The summed E-state index contributed by atoms with van der Waals surface area (Å²) in [7, 11) is 0. The molecule has 0 aromatic heterocycles. The van der Waals surface area contributed by atoms with E-state index in [1.54, 1.807) is 0 Å². The highest BCUT2D eigenvalue weighted by atomic mass is 79.9. The van der Waals surface area contributed by atoms with Crippen LogP contribution in [0.5, 0.6) is 0 Å². The van der Waals surface area contributed by atoms with Crippen LogP contribution in [0.15, 0.2) is 22.7 Å². The van der Waals surface area contributed by atoms with E-state index in [1.165, 1.54) is 11.1 Å². The van der Waals surface area contributed by atoms with Crippen molar-refractivity contribution in [2.24, 2.45) is 5.92 Å². The zero-order valence-electron chi connectivity index (χ0n) is 10.5. The first kappa shape index (κ1) is 13.6. The number of nitrogens with zero attached hydrogens (tertiary/aromatic N) is 1. The Morgan fingerprint density at radius 2 is 2.11 bits per heavy atom. The summed E-state index contributed by atoms with van der Waals surface area (Å²) in [5, 5.41) is 8.97. The Labute approximate surface area is 116 Å². The van der Waals surface area contributed by atoms with Crippen LogP contribution in [0.3, 0.4) is 0 Å². The van der Waals surface area contributed by atoms with E-state index >= 15 is 0 Å². The van der Waals surface area contributed by atoms with Gasteiger partial charge in [-0.05, 0) is 50.0 Å². The normalized spacial score (nSPS) is 17.9. The van der Waals surface area contributed by atoms with Crippen molar-refractivity contribution >= 4 is 21.9 Å². The smallest absolute Gasteiger partial charge is 0.306 e. The molecule has 1 aliphatic rings. The second-order valence-corrected chi connectivity index (χ2v) is 5.77. The average molecular weight is 312 g/mol. The van der Waals surface area contributed by atoms with Gasteiger partial charge in [-0.25, -0.2) is 0 Å². The summed E-state index contributed by atoms with van der Waals surface area (Å²) in [6, 6.07) is 6.25. The second kappa shape index (κ2) is 5.85. The van der Waals surface area contributed by atoms with Crippen molar-refractivity contribution in [3.8, 4) is 0 Å². The molecule has 0 bridgehead atoms. The number of carboxylic acids is 1. The number of piperidine rings is 1. The number of likely N-dealkylation sites (tertiary alicyclic amines) is 1. The van der Waals surface area contributed by atoms with Crippen molar-refractivity contribution in [3.63, 3.8) is 0 Å². The van der Waals surface area contributed by atoms with Crippen molar-refractivity contribution in [1.82, 2.24) is 4.90 Å². The molecule has 1 aromatic rings. The van der Waals surface area contributed by atoms with Gasteiger partial charge < -0.3 is 5.11 Å². The third-order valence-corrected chi connectivity index (χ3v) is 4.57. The minimum atomic E-state index is -0.645. The van der Waals surface area contributed by atoms with Crippen LogP contribution in [-0.2, 0) is 11.3 Å². The summed E-state index contributed by atoms with van der Waals surface area (Å²) < 4.78 is 1.14. The standard InChI is InChI=1S/C14H18BrNO2/c1-10-12(3-2-4-13(10)15)9-16-7-5-11(6-8-16)14(17)18/h2-4,11H,5-9H2,1H3,(H,17,18). The molecule has 0 unspecified atom stereocenters. The highest BCUT2D eigenvalue weighted by Crippen LogP contribution is 2.23. The van der Waals surface area contributed by atoms with Crippen molar-refractivity contribution in [2.45, 2.75) is 26.3 Å². The number of aliphatic carboxylic acids is 1. The Hall–Kier alpha value is -0.870. The van der Waals surface area contributed by atoms with Gasteiger partial charge in [0, 0.05) is 11.0 Å². The van der Waals surface area contributed by atoms with E-state index in [1.807, 2.05) is 0 Å². The Morgan fingerprint density at radius 1 is 1.44 bits per heavy atom. The Morgan fingerprint density at radius 3 is 2.72 bits per heavy atom. The average Bonchev–Trinajstić information content (AvgIpc) is 2.36. The van der Waals surface area contributed by atoms with E-state index in [-0.39, 0.29) is 5.92 Å². The third-order valence-electron chi connectivity index (χ3n) is 3.71. The maximum atomic E-state index is 10.9. The summed E-state index contributed by atoms with van der Waals surface area (Å²) in [6.45, 7) is 4.78. The van der Waals surface area contributed by atoms with Gasteiger partial charge >= 0.3 is 5.97 Å². The summed E-state index contributed by atoms with van der Waals surface area (Å²) in [4.78, 5) is 13.2. The highest BCUT2D eigenvalue weighted by molar-refractivity contribution is 9.10. The molecule has 0 aliphatic carbocycles. The van der Waals surface area contributed by atoms with Gasteiger partial charge in [-0.3, -0.25) is 9.69 Å². The van der Waals surface area contributed by atoms with Gasteiger partial charge in [0.1, 0.15) is 0 Å². The predicted octanol–water partition coefficient (Wildman–Crippen LogP) is 3.05. The van der Waals surface area contributed by atoms with Crippen molar-refractivity contribution < 1.29 is 9.90 Å². The molecule has 1 heterocycles. The summed E-state index contributed by atoms with van der Waals surface area (Å²) in [5.74, 6) is -0.793. The summed E-state index contributed by atoms with van der Waals surface area (Å²) in [5.41, 5.74) is 2.59. The number of carboxylic acid groups (broad SMARTS) is 1. The molecule has 0 saturated carbocycles. The lowest BCUT2D eigenvalue weighted by Crippen LogP contribution is -2.35. The van der Waals surface area contributed by atoms with E-state index in [2.05, 4.69) is 46.0 Å². The molecule has 2 rings (SSSR count). The minimum absolute atomic E-state index is 0.148. The zero-order valence-corrected chi connectivity index (χ0v) is 12.1. The molecule has 0 spiro atoms. The number of rotatable bonds is 3. The van der Waals surface area contributed by atoms with E-state index in [0.717, 1.165) is 36.9 Å². The van der Waals surface area contributed by atoms with Gasteiger partial charge in [0.25, 0.3) is 0 Å². The lowest BCUT2D eigenvalue weighted by atomic mass is 9.96. The molecule has 3 nitrogen and oxygen atoms in total. The van der Waals surface area contributed by atoms with Crippen LogP contribution < -0.4 is 0 Å². The molecule has 1 aromatic carbocycles. The van der Waals surface area contributed by atoms with Crippen LogP contribution in [0.2, 0.25) is 0 Å². The van der Waals surface area contributed by atoms with E-state index in [0.29, 0.717) is 0 Å².